The maximum absolute atomic E-state index is 12.1. The lowest BCUT2D eigenvalue weighted by atomic mass is 9.94. The number of hydrogen-bond donors (Lipinski definition) is 2. The molecule has 0 spiro atoms. The maximum Gasteiger partial charge on any atom is 0.227 e. The third-order valence-corrected chi connectivity index (χ3v) is 2.77. The second kappa shape index (κ2) is 5.77. The van der Waals surface area contributed by atoms with E-state index in [9.17, 15) is 4.79 Å². The Kier molecular flexibility index (Phi) is 4.62. The Balaban J connectivity index is 2.63. The highest BCUT2D eigenvalue weighted by molar-refractivity contribution is 5.79. The molecule has 0 aliphatic carbocycles. The first-order valence-corrected chi connectivity index (χ1v) is 5.78. The van der Waals surface area contributed by atoms with Crippen molar-refractivity contribution in [1.82, 2.24) is 20.1 Å². The number of carbonyl (C=O) groups excluding carboxylic acids is 1. The Bertz CT molecular complexity index is 374. The van der Waals surface area contributed by atoms with Crippen molar-refractivity contribution >= 4 is 5.91 Å². The number of rotatable bonds is 5. The van der Waals surface area contributed by atoms with Crippen LogP contribution >= 0.6 is 0 Å². The standard InChI is InChI=1S/C11H21N5O/c1-7(2)9(5-12)11(17)16(4)6-10-13-8(3)14-15-10/h7,9H,5-6,12H2,1-4H3,(H,13,14,15). The van der Waals surface area contributed by atoms with E-state index in [4.69, 9.17) is 5.73 Å². The summed E-state index contributed by atoms with van der Waals surface area (Å²) in [5.74, 6) is 1.52. The molecular weight excluding hydrogens is 218 g/mol. The zero-order valence-corrected chi connectivity index (χ0v) is 10.9. The molecule has 6 heteroatoms. The second-order valence-electron chi connectivity index (χ2n) is 4.62. The predicted octanol–water partition coefficient (Wildman–Crippen LogP) is 0.302. The summed E-state index contributed by atoms with van der Waals surface area (Å²) in [6.07, 6.45) is 0. The first-order valence-electron chi connectivity index (χ1n) is 5.78. The van der Waals surface area contributed by atoms with E-state index < -0.39 is 0 Å². The second-order valence-corrected chi connectivity index (χ2v) is 4.62. The number of aromatic amines is 1. The number of nitrogens with zero attached hydrogens (tertiary/aromatic N) is 3. The van der Waals surface area contributed by atoms with Gasteiger partial charge in [-0.25, -0.2) is 4.98 Å². The van der Waals surface area contributed by atoms with E-state index in [1.165, 1.54) is 0 Å². The summed E-state index contributed by atoms with van der Waals surface area (Å²) < 4.78 is 0. The van der Waals surface area contributed by atoms with Crippen LogP contribution in [0.3, 0.4) is 0 Å². The molecule has 17 heavy (non-hydrogen) atoms. The van der Waals surface area contributed by atoms with Gasteiger partial charge < -0.3 is 10.6 Å². The minimum atomic E-state index is -0.139. The van der Waals surface area contributed by atoms with Gasteiger partial charge in [0.15, 0.2) is 5.82 Å². The van der Waals surface area contributed by atoms with Crippen molar-refractivity contribution in [3.05, 3.63) is 11.6 Å². The summed E-state index contributed by atoms with van der Waals surface area (Å²) in [6.45, 7) is 6.61. The molecule has 0 aromatic carbocycles. The number of amides is 1. The molecule has 0 aliphatic heterocycles. The van der Waals surface area contributed by atoms with E-state index in [1.54, 1.807) is 11.9 Å². The van der Waals surface area contributed by atoms with Gasteiger partial charge in [0.1, 0.15) is 5.82 Å². The Labute approximate surface area is 102 Å². The summed E-state index contributed by atoms with van der Waals surface area (Å²) in [6, 6.07) is 0. The minimum Gasteiger partial charge on any atom is -0.338 e. The molecule has 1 aromatic rings. The summed E-state index contributed by atoms with van der Waals surface area (Å²) in [5, 5.41) is 6.76. The van der Waals surface area contributed by atoms with Crippen LogP contribution in [0.1, 0.15) is 25.5 Å². The topological polar surface area (TPSA) is 87.9 Å². The quantitative estimate of drug-likeness (QED) is 0.773. The molecule has 1 aromatic heterocycles. The van der Waals surface area contributed by atoms with E-state index in [2.05, 4.69) is 15.2 Å². The number of hydrogen-bond acceptors (Lipinski definition) is 4. The molecule has 96 valence electrons. The first-order chi connectivity index (χ1) is 7.95. The van der Waals surface area contributed by atoms with E-state index in [0.717, 1.165) is 5.82 Å². The lowest BCUT2D eigenvalue weighted by Gasteiger charge is -2.24. The third kappa shape index (κ3) is 3.52. The average molecular weight is 239 g/mol. The van der Waals surface area contributed by atoms with Gasteiger partial charge in [0, 0.05) is 13.6 Å². The molecule has 0 saturated heterocycles. The monoisotopic (exact) mass is 239 g/mol. The van der Waals surface area contributed by atoms with Gasteiger partial charge in [0.25, 0.3) is 0 Å². The Morgan fingerprint density at radius 2 is 2.18 bits per heavy atom. The fourth-order valence-electron chi connectivity index (χ4n) is 1.69. The van der Waals surface area contributed by atoms with Crippen LogP contribution in [-0.2, 0) is 11.3 Å². The molecule has 1 unspecified atom stereocenters. The van der Waals surface area contributed by atoms with Crippen molar-refractivity contribution in [3.63, 3.8) is 0 Å². The van der Waals surface area contributed by atoms with Gasteiger partial charge >= 0.3 is 0 Å². The molecule has 0 radical (unpaired) electrons. The van der Waals surface area contributed by atoms with E-state index >= 15 is 0 Å². The van der Waals surface area contributed by atoms with Crippen molar-refractivity contribution in [2.24, 2.45) is 17.6 Å². The molecule has 0 saturated carbocycles. The van der Waals surface area contributed by atoms with Crippen LogP contribution in [0.25, 0.3) is 0 Å². The predicted molar refractivity (Wildman–Crippen MR) is 65.0 cm³/mol. The number of aryl methyl sites for hydroxylation is 1. The van der Waals surface area contributed by atoms with Crippen LogP contribution in [0.15, 0.2) is 0 Å². The van der Waals surface area contributed by atoms with E-state index in [0.29, 0.717) is 18.9 Å². The fourth-order valence-corrected chi connectivity index (χ4v) is 1.69. The highest BCUT2D eigenvalue weighted by Crippen LogP contribution is 2.13. The van der Waals surface area contributed by atoms with Crippen molar-refractivity contribution < 1.29 is 4.79 Å². The number of nitrogens with one attached hydrogen (secondary N) is 1. The van der Waals surface area contributed by atoms with E-state index in [-0.39, 0.29) is 17.7 Å². The normalized spacial score (nSPS) is 12.8. The Hall–Kier alpha value is -1.43. The first kappa shape index (κ1) is 13.6. The van der Waals surface area contributed by atoms with Gasteiger partial charge in [-0.1, -0.05) is 13.8 Å². The van der Waals surface area contributed by atoms with Crippen LogP contribution in [0.4, 0.5) is 0 Å². The van der Waals surface area contributed by atoms with Gasteiger partial charge in [-0.3, -0.25) is 9.89 Å². The van der Waals surface area contributed by atoms with Gasteiger partial charge in [-0.15, -0.1) is 0 Å². The molecule has 1 amide bonds. The smallest absolute Gasteiger partial charge is 0.227 e. The maximum atomic E-state index is 12.1. The molecular formula is C11H21N5O. The molecule has 6 nitrogen and oxygen atoms in total. The SMILES string of the molecule is Cc1nc(CN(C)C(=O)C(CN)C(C)C)n[nH]1. The van der Waals surface area contributed by atoms with Crippen molar-refractivity contribution in [1.29, 1.82) is 0 Å². The van der Waals surface area contributed by atoms with Crippen molar-refractivity contribution in [2.45, 2.75) is 27.3 Å². The van der Waals surface area contributed by atoms with Crippen LogP contribution in [0.2, 0.25) is 0 Å². The van der Waals surface area contributed by atoms with Gasteiger partial charge in [0.05, 0.1) is 12.5 Å². The Morgan fingerprint density at radius 3 is 2.59 bits per heavy atom. The summed E-state index contributed by atoms with van der Waals surface area (Å²) in [5.41, 5.74) is 5.62. The molecule has 0 fully saturated rings. The lowest BCUT2D eigenvalue weighted by Crippen LogP contribution is -2.39. The van der Waals surface area contributed by atoms with E-state index in [1.807, 2.05) is 20.8 Å². The van der Waals surface area contributed by atoms with Gasteiger partial charge in [-0.05, 0) is 12.8 Å². The highest BCUT2D eigenvalue weighted by atomic mass is 16.2. The molecule has 1 heterocycles. The highest BCUT2D eigenvalue weighted by Gasteiger charge is 2.24. The lowest BCUT2D eigenvalue weighted by molar-refractivity contribution is -0.135. The number of nitrogens with two attached hydrogens (primary N) is 1. The molecule has 3 N–H and O–H groups in total. The average Bonchev–Trinajstić information content (AvgIpc) is 2.64. The van der Waals surface area contributed by atoms with Crippen molar-refractivity contribution in [3.8, 4) is 0 Å². The molecule has 1 atom stereocenters. The number of H-pyrrole nitrogens is 1. The van der Waals surface area contributed by atoms with Gasteiger partial charge in [0.2, 0.25) is 5.91 Å². The van der Waals surface area contributed by atoms with Crippen LogP contribution in [0, 0.1) is 18.8 Å². The van der Waals surface area contributed by atoms with Gasteiger partial charge in [-0.2, -0.15) is 5.10 Å². The van der Waals surface area contributed by atoms with Crippen LogP contribution < -0.4 is 5.73 Å². The molecule has 0 aliphatic rings. The third-order valence-electron chi connectivity index (χ3n) is 2.77. The number of carbonyl (C=O) groups is 1. The summed E-state index contributed by atoms with van der Waals surface area (Å²) >= 11 is 0. The molecule has 0 bridgehead atoms. The van der Waals surface area contributed by atoms with Crippen LogP contribution in [-0.4, -0.2) is 39.6 Å². The largest absolute Gasteiger partial charge is 0.338 e. The summed E-state index contributed by atoms with van der Waals surface area (Å²) in [4.78, 5) is 17.9. The zero-order valence-electron chi connectivity index (χ0n) is 10.9. The molecule has 1 rings (SSSR count). The minimum absolute atomic E-state index is 0.0463. The number of aromatic nitrogens is 3. The zero-order chi connectivity index (χ0) is 13.0. The fraction of sp³-hybridized carbons (Fsp3) is 0.727. The van der Waals surface area contributed by atoms with Crippen LogP contribution in [0.5, 0.6) is 0 Å². The Morgan fingerprint density at radius 1 is 1.53 bits per heavy atom. The summed E-state index contributed by atoms with van der Waals surface area (Å²) in [7, 11) is 1.75. The van der Waals surface area contributed by atoms with Crippen molar-refractivity contribution in [2.75, 3.05) is 13.6 Å².